The lowest BCUT2D eigenvalue weighted by Gasteiger charge is -2.18. The predicted octanol–water partition coefficient (Wildman–Crippen LogP) is 1.94. The van der Waals surface area contributed by atoms with Crippen molar-refractivity contribution in [2.75, 3.05) is 13.7 Å². The van der Waals surface area contributed by atoms with Gasteiger partial charge in [0.1, 0.15) is 11.8 Å². The number of ether oxygens (including phenoxy) is 2. The molecule has 0 saturated heterocycles. The minimum absolute atomic E-state index is 0.263. The number of carbonyl (C=O) groups is 2. The zero-order valence-corrected chi connectivity index (χ0v) is 12.6. The average molecular weight is 291 g/mol. The second-order valence-electron chi connectivity index (χ2n) is 5.60. The van der Waals surface area contributed by atoms with Crippen molar-refractivity contribution in [3.8, 4) is 5.75 Å². The van der Waals surface area contributed by atoms with Crippen molar-refractivity contribution in [1.29, 1.82) is 0 Å². The maximum absolute atomic E-state index is 12.3. The summed E-state index contributed by atoms with van der Waals surface area (Å²) in [6, 6.07) is 4.71. The molecule has 1 aliphatic rings. The van der Waals surface area contributed by atoms with Gasteiger partial charge >= 0.3 is 5.97 Å². The summed E-state index contributed by atoms with van der Waals surface area (Å²) < 4.78 is 10.2. The van der Waals surface area contributed by atoms with E-state index in [0.29, 0.717) is 18.6 Å². The van der Waals surface area contributed by atoms with Crippen LogP contribution >= 0.6 is 0 Å². The summed E-state index contributed by atoms with van der Waals surface area (Å²) in [5.41, 5.74) is 1.57. The van der Waals surface area contributed by atoms with Gasteiger partial charge in [0.2, 0.25) is 0 Å². The summed E-state index contributed by atoms with van der Waals surface area (Å²) in [6.45, 7) is 4.64. The zero-order chi connectivity index (χ0) is 15.4. The van der Waals surface area contributed by atoms with Crippen molar-refractivity contribution in [2.45, 2.75) is 32.7 Å². The molecule has 1 atom stereocenters. The molecule has 0 spiro atoms. The van der Waals surface area contributed by atoms with E-state index < -0.39 is 12.0 Å². The average Bonchev–Trinajstić information content (AvgIpc) is 2.92. The molecule has 1 heterocycles. The molecule has 21 heavy (non-hydrogen) atoms. The van der Waals surface area contributed by atoms with E-state index >= 15 is 0 Å². The van der Waals surface area contributed by atoms with Crippen LogP contribution in [-0.4, -0.2) is 31.6 Å². The highest BCUT2D eigenvalue weighted by atomic mass is 16.5. The van der Waals surface area contributed by atoms with E-state index in [9.17, 15) is 9.59 Å². The van der Waals surface area contributed by atoms with E-state index in [0.717, 1.165) is 17.7 Å². The van der Waals surface area contributed by atoms with Crippen molar-refractivity contribution < 1.29 is 19.1 Å². The highest BCUT2D eigenvalue weighted by molar-refractivity contribution is 5.97. The second-order valence-corrected chi connectivity index (χ2v) is 5.60. The molecule has 1 N–H and O–H groups in total. The van der Waals surface area contributed by atoms with E-state index in [1.54, 1.807) is 12.1 Å². The van der Waals surface area contributed by atoms with Crippen LogP contribution in [-0.2, 0) is 16.0 Å². The Hall–Kier alpha value is -2.04. The summed E-state index contributed by atoms with van der Waals surface area (Å²) in [5, 5.41) is 2.75. The molecule has 1 unspecified atom stereocenters. The molecule has 1 aromatic rings. The Balaban J connectivity index is 2.09. The van der Waals surface area contributed by atoms with Crippen LogP contribution in [0.3, 0.4) is 0 Å². The van der Waals surface area contributed by atoms with E-state index in [1.165, 1.54) is 7.11 Å². The lowest BCUT2D eigenvalue weighted by atomic mass is 10.0. The molecule has 0 bridgehead atoms. The standard InChI is InChI=1S/C16H21NO4/c1-10(2)8-13(16(19)20-3)17-15(18)12-4-5-14-11(9-12)6-7-21-14/h4-5,9-10,13H,6-8H2,1-3H3,(H,17,18). The fraction of sp³-hybridized carbons (Fsp3) is 0.500. The number of esters is 1. The van der Waals surface area contributed by atoms with Gasteiger partial charge in [-0.15, -0.1) is 0 Å². The van der Waals surface area contributed by atoms with Gasteiger partial charge in [0.05, 0.1) is 13.7 Å². The molecular formula is C16H21NO4. The van der Waals surface area contributed by atoms with Gasteiger partial charge in [-0.05, 0) is 36.1 Å². The van der Waals surface area contributed by atoms with Crippen LogP contribution in [0.4, 0.5) is 0 Å². The van der Waals surface area contributed by atoms with Gasteiger partial charge in [0.25, 0.3) is 5.91 Å². The zero-order valence-electron chi connectivity index (χ0n) is 12.6. The fourth-order valence-corrected chi connectivity index (χ4v) is 2.40. The highest BCUT2D eigenvalue weighted by Crippen LogP contribution is 2.25. The first-order valence-corrected chi connectivity index (χ1v) is 7.15. The molecule has 0 saturated carbocycles. The minimum atomic E-state index is -0.619. The maximum Gasteiger partial charge on any atom is 0.328 e. The van der Waals surface area contributed by atoms with Crippen LogP contribution in [0, 0.1) is 5.92 Å². The first-order valence-electron chi connectivity index (χ1n) is 7.15. The third-order valence-corrected chi connectivity index (χ3v) is 3.45. The SMILES string of the molecule is COC(=O)C(CC(C)C)NC(=O)c1ccc2c(c1)CCO2. The topological polar surface area (TPSA) is 64.6 Å². The molecule has 2 rings (SSSR count). The molecule has 1 aliphatic heterocycles. The number of amides is 1. The Labute approximate surface area is 124 Å². The summed E-state index contributed by atoms with van der Waals surface area (Å²) in [6.07, 6.45) is 1.36. The van der Waals surface area contributed by atoms with Gasteiger partial charge in [0, 0.05) is 12.0 Å². The van der Waals surface area contributed by atoms with Gasteiger partial charge in [-0.1, -0.05) is 13.8 Å². The van der Waals surface area contributed by atoms with Crippen LogP contribution < -0.4 is 10.1 Å². The molecule has 1 amide bonds. The summed E-state index contributed by atoms with van der Waals surface area (Å²) in [5.74, 6) is 0.434. The Kier molecular flexibility index (Phi) is 4.83. The van der Waals surface area contributed by atoms with Gasteiger partial charge < -0.3 is 14.8 Å². The van der Waals surface area contributed by atoms with Gasteiger partial charge in [-0.3, -0.25) is 4.79 Å². The Bertz CT molecular complexity index is 539. The molecule has 5 nitrogen and oxygen atoms in total. The van der Waals surface area contributed by atoms with Gasteiger partial charge in [0.15, 0.2) is 0 Å². The fourth-order valence-electron chi connectivity index (χ4n) is 2.40. The Morgan fingerprint density at radius 1 is 1.38 bits per heavy atom. The summed E-state index contributed by atoms with van der Waals surface area (Å²) >= 11 is 0. The largest absolute Gasteiger partial charge is 0.493 e. The van der Waals surface area contributed by atoms with E-state index in [4.69, 9.17) is 9.47 Å². The molecule has 114 valence electrons. The molecule has 1 aromatic carbocycles. The summed E-state index contributed by atoms with van der Waals surface area (Å²) in [7, 11) is 1.33. The number of rotatable bonds is 5. The van der Waals surface area contributed by atoms with Crippen LogP contribution in [0.2, 0.25) is 0 Å². The molecule has 0 aromatic heterocycles. The van der Waals surface area contributed by atoms with Crippen molar-refractivity contribution >= 4 is 11.9 Å². The van der Waals surface area contributed by atoms with Gasteiger partial charge in [-0.25, -0.2) is 4.79 Å². The maximum atomic E-state index is 12.3. The van der Waals surface area contributed by atoms with E-state index in [-0.39, 0.29) is 11.8 Å². The predicted molar refractivity (Wildman–Crippen MR) is 78.4 cm³/mol. The number of hydrogen-bond donors (Lipinski definition) is 1. The smallest absolute Gasteiger partial charge is 0.328 e. The number of methoxy groups -OCH3 is 1. The van der Waals surface area contributed by atoms with Crippen LogP contribution in [0.1, 0.15) is 36.2 Å². The van der Waals surface area contributed by atoms with Crippen LogP contribution in [0.25, 0.3) is 0 Å². The quantitative estimate of drug-likeness (QED) is 0.842. The second kappa shape index (κ2) is 6.61. The molecule has 0 radical (unpaired) electrons. The van der Waals surface area contributed by atoms with Crippen LogP contribution in [0.15, 0.2) is 18.2 Å². The summed E-state index contributed by atoms with van der Waals surface area (Å²) in [4.78, 5) is 24.0. The Morgan fingerprint density at radius 3 is 2.81 bits per heavy atom. The normalized spacial score (nSPS) is 14.3. The third-order valence-electron chi connectivity index (χ3n) is 3.45. The van der Waals surface area contributed by atoms with Gasteiger partial charge in [-0.2, -0.15) is 0 Å². The number of hydrogen-bond acceptors (Lipinski definition) is 4. The van der Waals surface area contributed by atoms with Crippen molar-refractivity contribution in [3.63, 3.8) is 0 Å². The molecule has 0 fully saturated rings. The molecule has 5 heteroatoms. The molecular weight excluding hydrogens is 270 g/mol. The van der Waals surface area contributed by atoms with Crippen molar-refractivity contribution in [2.24, 2.45) is 5.92 Å². The number of carbonyl (C=O) groups excluding carboxylic acids is 2. The lowest BCUT2D eigenvalue weighted by molar-refractivity contribution is -0.143. The van der Waals surface area contributed by atoms with Crippen molar-refractivity contribution in [3.05, 3.63) is 29.3 Å². The monoisotopic (exact) mass is 291 g/mol. The van der Waals surface area contributed by atoms with E-state index in [1.807, 2.05) is 19.9 Å². The van der Waals surface area contributed by atoms with E-state index in [2.05, 4.69) is 5.32 Å². The lowest BCUT2D eigenvalue weighted by Crippen LogP contribution is -2.42. The number of fused-ring (bicyclic) bond motifs is 1. The first kappa shape index (κ1) is 15.4. The number of benzene rings is 1. The minimum Gasteiger partial charge on any atom is -0.493 e. The Morgan fingerprint density at radius 2 is 2.14 bits per heavy atom. The highest BCUT2D eigenvalue weighted by Gasteiger charge is 2.24. The third kappa shape index (κ3) is 3.74. The first-order chi connectivity index (χ1) is 10.0. The molecule has 0 aliphatic carbocycles. The van der Waals surface area contributed by atoms with Crippen LogP contribution in [0.5, 0.6) is 5.75 Å². The number of nitrogens with one attached hydrogen (secondary N) is 1. The van der Waals surface area contributed by atoms with Crippen molar-refractivity contribution in [1.82, 2.24) is 5.32 Å².